The van der Waals surface area contributed by atoms with Crippen LogP contribution in [0.5, 0.6) is 0 Å². The summed E-state index contributed by atoms with van der Waals surface area (Å²) >= 11 is 0. The van der Waals surface area contributed by atoms with Crippen molar-refractivity contribution in [3.05, 3.63) is 0 Å². The molecule has 0 amide bonds. The molecule has 0 radical (unpaired) electrons. The van der Waals surface area contributed by atoms with Crippen molar-refractivity contribution in [1.82, 2.24) is 0 Å². The average molecular weight is 222 g/mol. The summed E-state index contributed by atoms with van der Waals surface area (Å²) in [5.74, 6) is 3.40. The second kappa shape index (κ2) is 5.23. The van der Waals surface area contributed by atoms with Crippen LogP contribution in [0.2, 0.25) is 0 Å². The lowest BCUT2D eigenvalue weighted by Gasteiger charge is -2.42. The van der Waals surface area contributed by atoms with E-state index >= 15 is 0 Å². The van der Waals surface area contributed by atoms with Crippen molar-refractivity contribution in [1.29, 1.82) is 0 Å². The molecule has 0 bridgehead atoms. The molecule has 0 aromatic heterocycles. The van der Waals surface area contributed by atoms with E-state index in [0.29, 0.717) is 11.8 Å². The van der Waals surface area contributed by atoms with Crippen molar-refractivity contribution in [2.75, 3.05) is 0 Å². The third-order valence-corrected chi connectivity index (χ3v) is 4.67. The minimum atomic E-state index is -0.466. The van der Waals surface area contributed by atoms with Crippen LogP contribution in [0.1, 0.15) is 65.7 Å². The van der Waals surface area contributed by atoms with Gasteiger partial charge >= 0.3 is 0 Å². The maximum Gasteiger partial charge on any atom is 0.0657 e. The molecule has 0 saturated heterocycles. The average Bonchev–Trinajstić information content (AvgIpc) is 2.27. The first-order chi connectivity index (χ1) is 7.43. The molecule has 1 N–H and O–H groups in total. The van der Waals surface area contributed by atoms with E-state index in [9.17, 15) is 5.11 Å². The fraction of sp³-hybridized carbons (Fsp3) is 0.867. The first-order valence-corrected chi connectivity index (χ1v) is 6.59. The Morgan fingerprint density at radius 3 is 2.38 bits per heavy atom. The Hall–Kier alpha value is -0.480. The molecule has 92 valence electrons. The summed E-state index contributed by atoms with van der Waals surface area (Å²) in [5.41, 5.74) is -0.0415. The Morgan fingerprint density at radius 2 is 1.94 bits per heavy atom. The fourth-order valence-electron chi connectivity index (χ4n) is 2.78. The first kappa shape index (κ1) is 13.6. The van der Waals surface area contributed by atoms with Gasteiger partial charge in [0.1, 0.15) is 0 Å². The number of aliphatic hydroxyl groups is 1. The van der Waals surface area contributed by atoms with Crippen LogP contribution in [0, 0.1) is 23.7 Å². The zero-order chi connectivity index (χ0) is 12.2. The predicted octanol–water partition coefficient (Wildman–Crippen LogP) is 3.76. The highest BCUT2D eigenvalue weighted by atomic mass is 16.3. The van der Waals surface area contributed by atoms with E-state index in [2.05, 4.69) is 26.7 Å². The molecular weight excluding hydrogens is 196 g/mol. The van der Waals surface area contributed by atoms with Crippen molar-refractivity contribution < 1.29 is 5.11 Å². The van der Waals surface area contributed by atoms with Gasteiger partial charge in [0.15, 0.2) is 0 Å². The van der Waals surface area contributed by atoms with Gasteiger partial charge in [-0.15, -0.1) is 12.3 Å². The molecule has 1 heteroatoms. The van der Waals surface area contributed by atoms with Crippen molar-refractivity contribution in [3.63, 3.8) is 0 Å². The molecule has 1 rings (SSSR count). The van der Waals surface area contributed by atoms with E-state index in [1.54, 1.807) is 0 Å². The lowest BCUT2D eigenvalue weighted by atomic mass is 9.66. The summed E-state index contributed by atoms with van der Waals surface area (Å²) in [6, 6.07) is 0. The maximum atomic E-state index is 10.4. The topological polar surface area (TPSA) is 20.2 Å². The van der Waals surface area contributed by atoms with Crippen molar-refractivity contribution in [2.24, 2.45) is 11.3 Å². The van der Waals surface area contributed by atoms with E-state index in [4.69, 9.17) is 6.42 Å². The zero-order valence-corrected chi connectivity index (χ0v) is 11.1. The van der Waals surface area contributed by atoms with Crippen LogP contribution in [-0.2, 0) is 0 Å². The molecule has 1 aliphatic rings. The molecule has 16 heavy (non-hydrogen) atoms. The van der Waals surface area contributed by atoms with E-state index in [-0.39, 0.29) is 0 Å². The Bertz CT molecular complexity index is 251. The standard InChI is InChI=1S/C15H26O/c1-5-7-10-15(16)11-8-13(9-12-15)14(3,4)6-2/h1,13,16H,6-12H2,2-4H3. The minimum absolute atomic E-state index is 0.424. The van der Waals surface area contributed by atoms with E-state index in [0.717, 1.165) is 38.0 Å². The Labute approximate surface area is 101 Å². The normalized spacial score (nSPS) is 31.1. The highest BCUT2D eigenvalue weighted by molar-refractivity contribution is 4.94. The summed E-state index contributed by atoms with van der Waals surface area (Å²) in [7, 11) is 0. The summed E-state index contributed by atoms with van der Waals surface area (Å²) in [5, 5.41) is 10.4. The van der Waals surface area contributed by atoms with Crippen LogP contribution >= 0.6 is 0 Å². The molecular formula is C15H26O. The van der Waals surface area contributed by atoms with E-state index in [1.165, 1.54) is 6.42 Å². The third-order valence-electron chi connectivity index (χ3n) is 4.67. The Balaban J connectivity index is 2.48. The minimum Gasteiger partial charge on any atom is -0.390 e. The van der Waals surface area contributed by atoms with Crippen LogP contribution in [0.3, 0.4) is 0 Å². The molecule has 1 aliphatic carbocycles. The maximum absolute atomic E-state index is 10.4. The van der Waals surface area contributed by atoms with Crippen molar-refractivity contribution in [3.8, 4) is 12.3 Å². The van der Waals surface area contributed by atoms with Gasteiger partial charge in [0.25, 0.3) is 0 Å². The lowest BCUT2D eigenvalue weighted by Crippen LogP contribution is -2.38. The number of rotatable bonds is 4. The van der Waals surface area contributed by atoms with Crippen LogP contribution in [-0.4, -0.2) is 10.7 Å². The number of terminal acetylenes is 1. The molecule has 1 nitrogen and oxygen atoms in total. The number of hydrogen-bond acceptors (Lipinski definition) is 1. The van der Waals surface area contributed by atoms with E-state index in [1.807, 2.05) is 0 Å². The third kappa shape index (κ3) is 3.25. The van der Waals surface area contributed by atoms with Crippen LogP contribution in [0.25, 0.3) is 0 Å². The highest BCUT2D eigenvalue weighted by Gasteiger charge is 2.37. The molecule has 0 aromatic carbocycles. The van der Waals surface area contributed by atoms with Gasteiger partial charge in [-0.2, -0.15) is 0 Å². The summed E-state index contributed by atoms with van der Waals surface area (Å²) in [6.45, 7) is 6.96. The van der Waals surface area contributed by atoms with Gasteiger partial charge in [0.2, 0.25) is 0 Å². The highest BCUT2D eigenvalue weighted by Crippen LogP contribution is 2.44. The van der Waals surface area contributed by atoms with E-state index < -0.39 is 5.60 Å². The second-order valence-corrected chi connectivity index (χ2v) is 6.04. The Morgan fingerprint density at radius 1 is 1.38 bits per heavy atom. The van der Waals surface area contributed by atoms with Gasteiger partial charge in [-0.25, -0.2) is 0 Å². The molecule has 0 atom stereocenters. The molecule has 0 spiro atoms. The second-order valence-electron chi connectivity index (χ2n) is 6.04. The van der Waals surface area contributed by atoms with Crippen LogP contribution in [0.15, 0.2) is 0 Å². The predicted molar refractivity (Wildman–Crippen MR) is 69.0 cm³/mol. The molecule has 1 fully saturated rings. The monoisotopic (exact) mass is 222 g/mol. The van der Waals surface area contributed by atoms with Crippen molar-refractivity contribution in [2.45, 2.75) is 71.3 Å². The van der Waals surface area contributed by atoms with Gasteiger partial charge in [-0.05, 0) is 43.4 Å². The fourth-order valence-corrected chi connectivity index (χ4v) is 2.78. The van der Waals surface area contributed by atoms with Crippen LogP contribution < -0.4 is 0 Å². The molecule has 0 unspecified atom stereocenters. The molecule has 0 aliphatic heterocycles. The summed E-state index contributed by atoms with van der Waals surface area (Å²) in [6.07, 6.45) is 12.1. The Kier molecular flexibility index (Phi) is 4.44. The lowest BCUT2D eigenvalue weighted by molar-refractivity contribution is -0.0330. The quantitative estimate of drug-likeness (QED) is 0.718. The first-order valence-electron chi connectivity index (χ1n) is 6.59. The van der Waals surface area contributed by atoms with Crippen LogP contribution in [0.4, 0.5) is 0 Å². The van der Waals surface area contributed by atoms with Gasteiger partial charge in [0.05, 0.1) is 5.60 Å². The SMILES string of the molecule is C#CCCC1(O)CCC(C(C)(C)CC)CC1. The van der Waals surface area contributed by atoms with Gasteiger partial charge in [-0.1, -0.05) is 27.2 Å². The molecule has 1 saturated carbocycles. The van der Waals surface area contributed by atoms with Gasteiger partial charge < -0.3 is 5.11 Å². The molecule has 0 heterocycles. The number of hydrogen-bond donors (Lipinski definition) is 1. The summed E-state index contributed by atoms with van der Waals surface area (Å²) in [4.78, 5) is 0. The smallest absolute Gasteiger partial charge is 0.0657 e. The zero-order valence-electron chi connectivity index (χ0n) is 11.1. The molecule has 0 aromatic rings. The van der Waals surface area contributed by atoms with Gasteiger partial charge in [0, 0.05) is 6.42 Å². The van der Waals surface area contributed by atoms with Gasteiger partial charge in [-0.3, -0.25) is 0 Å². The summed E-state index contributed by atoms with van der Waals surface area (Å²) < 4.78 is 0. The largest absolute Gasteiger partial charge is 0.390 e. The van der Waals surface area contributed by atoms with Crippen molar-refractivity contribution >= 4 is 0 Å².